The average molecular weight is 461 g/mol. The van der Waals surface area contributed by atoms with Gasteiger partial charge >= 0.3 is 0 Å². The molecule has 8 nitrogen and oxygen atoms in total. The van der Waals surface area contributed by atoms with E-state index in [1.54, 1.807) is 23.0 Å². The molecule has 0 atom stereocenters. The van der Waals surface area contributed by atoms with E-state index in [0.717, 1.165) is 5.56 Å². The van der Waals surface area contributed by atoms with E-state index in [9.17, 15) is 4.79 Å². The Morgan fingerprint density at radius 3 is 2.73 bits per heavy atom. The molecule has 3 aromatic heterocycles. The molecule has 5 rings (SSSR count). The first-order chi connectivity index (χ1) is 16.2. The van der Waals surface area contributed by atoms with Crippen LogP contribution in [0.25, 0.3) is 22.3 Å². The molecule has 0 aliphatic carbocycles. The van der Waals surface area contributed by atoms with E-state index < -0.39 is 0 Å². The third-order valence-corrected chi connectivity index (χ3v) is 5.90. The number of benzene rings is 2. The molecular weight excluding hydrogens is 440 g/mol. The highest BCUT2D eigenvalue weighted by molar-refractivity contribution is 7.98. The molecule has 0 saturated carbocycles. The third-order valence-electron chi connectivity index (χ3n) is 4.94. The highest BCUT2D eigenvalue weighted by atomic mass is 32.2. The minimum atomic E-state index is -0.128. The van der Waals surface area contributed by atoms with E-state index in [0.29, 0.717) is 51.6 Å². The topological polar surface area (TPSA) is 96.2 Å². The maximum absolute atomic E-state index is 13.2. The van der Waals surface area contributed by atoms with Gasteiger partial charge in [-0.2, -0.15) is 4.98 Å². The Morgan fingerprint density at radius 1 is 1.03 bits per heavy atom. The number of hydrogen-bond donors (Lipinski definition) is 0. The summed E-state index contributed by atoms with van der Waals surface area (Å²) in [6, 6.07) is 18.5. The first kappa shape index (κ1) is 21.0. The Hall–Kier alpha value is -3.85. The molecule has 5 aromatic rings. The van der Waals surface area contributed by atoms with Crippen molar-refractivity contribution in [3.63, 3.8) is 0 Å². The molecular formula is C24H20N4O4S. The van der Waals surface area contributed by atoms with Gasteiger partial charge in [0.2, 0.25) is 11.7 Å². The van der Waals surface area contributed by atoms with Gasteiger partial charge in [0, 0.05) is 0 Å². The van der Waals surface area contributed by atoms with Crippen molar-refractivity contribution in [1.82, 2.24) is 19.7 Å². The summed E-state index contributed by atoms with van der Waals surface area (Å²) in [6.07, 6.45) is 1.59. The van der Waals surface area contributed by atoms with E-state index >= 15 is 0 Å². The normalized spacial score (nSPS) is 11.2. The van der Waals surface area contributed by atoms with Crippen LogP contribution in [-0.4, -0.2) is 26.3 Å². The van der Waals surface area contributed by atoms with Crippen LogP contribution in [0.4, 0.5) is 0 Å². The lowest BCUT2D eigenvalue weighted by molar-refractivity contribution is 0.341. The Morgan fingerprint density at radius 2 is 1.88 bits per heavy atom. The van der Waals surface area contributed by atoms with Crippen molar-refractivity contribution in [1.29, 1.82) is 0 Å². The van der Waals surface area contributed by atoms with Gasteiger partial charge in [0.1, 0.15) is 11.5 Å². The van der Waals surface area contributed by atoms with E-state index in [2.05, 4.69) is 10.1 Å². The first-order valence-electron chi connectivity index (χ1n) is 10.4. The predicted octanol–water partition coefficient (Wildman–Crippen LogP) is 4.78. The van der Waals surface area contributed by atoms with Gasteiger partial charge in [0.15, 0.2) is 5.16 Å². The fourth-order valence-electron chi connectivity index (χ4n) is 3.44. The molecule has 0 N–H and O–H groups in total. The molecule has 0 radical (unpaired) electrons. The Balaban J connectivity index is 1.44. The van der Waals surface area contributed by atoms with Crippen LogP contribution in [0.5, 0.6) is 5.75 Å². The molecule has 0 fully saturated rings. The molecule has 0 aliphatic heterocycles. The van der Waals surface area contributed by atoms with Crippen molar-refractivity contribution in [2.45, 2.75) is 24.4 Å². The third kappa shape index (κ3) is 4.40. The summed E-state index contributed by atoms with van der Waals surface area (Å²) in [7, 11) is 0. The minimum absolute atomic E-state index is 0.128. The zero-order valence-corrected chi connectivity index (χ0v) is 18.6. The molecule has 0 aliphatic rings. The smallest absolute Gasteiger partial charge is 0.262 e. The molecule has 2 aromatic carbocycles. The number of ether oxygens (including phenoxy) is 1. The van der Waals surface area contributed by atoms with Crippen molar-refractivity contribution in [2.24, 2.45) is 0 Å². The van der Waals surface area contributed by atoms with Crippen LogP contribution >= 0.6 is 11.8 Å². The molecule has 0 spiro atoms. The number of thioether (sulfide) groups is 1. The number of nitrogens with zero attached hydrogens (tertiary/aromatic N) is 4. The number of fused-ring (bicyclic) bond motifs is 1. The van der Waals surface area contributed by atoms with Gasteiger partial charge < -0.3 is 13.7 Å². The van der Waals surface area contributed by atoms with Crippen LogP contribution in [0, 0.1) is 0 Å². The van der Waals surface area contributed by atoms with Gasteiger partial charge in [-0.3, -0.25) is 9.36 Å². The van der Waals surface area contributed by atoms with Crippen molar-refractivity contribution in [2.75, 3.05) is 6.61 Å². The second kappa shape index (κ2) is 9.33. The zero-order chi connectivity index (χ0) is 22.6. The van der Waals surface area contributed by atoms with Crippen LogP contribution < -0.4 is 10.3 Å². The van der Waals surface area contributed by atoms with E-state index in [1.165, 1.54) is 11.8 Å². The standard InChI is InChI=1S/C24H20N4O4S/c1-2-30-20-12-6-4-10-18(20)22-26-21(32-27-22)15-33-24-25-19-11-5-3-9-17(19)23(29)28(24)14-16-8-7-13-31-16/h3-13H,2,14-15H2,1H3. The Kier molecular flexibility index (Phi) is 5.95. The molecule has 0 bridgehead atoms. The molecule has 0 amide bonds. The van der Waals surface area contributed by atoms with Gasteiger partial charge in [0.25, 0.3) is 5.56 Å². The summed E-state index contributed by atoms with van der Waals surface area (Å²) in [6.45, 7) is 2.75. The van der Waals surface area contributed by atoms with Crippen LogP contribution in [0.2, 0.25) is 0 Å². The van der Waals surface area contributed by atoms with Gasteiger partial charge in [-0.15, -0.1) is 0 Å². The second-order valence-electron chi connectivity index (χ2n) is 7.11. The zero-order valence-electron chi connectivity index (χ0n) is 17.8. The largest absolute Gasteiger partial charge is 0.493 e. The van der Waals surface area contributed by atoms with Gasteiger partial charge in [-0.25, -0.2) is 4.98 Å². The van der Waals surface area contributed by atoms with Crippen LogP contribution in [0.1, 0.15) is 18.6 Å². The number of aromatic nitrogens is 4. The molecule has 0 unspecified atom stereocenters. The summed E-state index contributed by atoms with van der Waals surface area (Å²) in [5.41, 5.74) is 1.27. The molecule has 166 valence electrons. The Labute approximate surface area is 193 Å². The van der Waals surface area contributed by atoms with Crippen LogP contribution in [-0.2, 0) is 12.3 Å². The number of para-hydroxylation sites is 2. The summed E-state index contributed by atoms with van der Waals surface area (Å²) < 4.78 is 18.2. The van der Waals surface area contributed by atoms with Crippen molar-refractivity contribution in [3.8, 4) is 17.1 Å². The molecule has 0 saturated heterocycles. The van der Waals surface area contributed by atoms with Crippen LogP contribution in [0.15, 0.2) is 85.8 Å². The second-order valence-corrected chi connectivity index (χ2v) is 8.05. The quantitative estimate of drug-likeness (QED) is 0.241. The van der Waals surface area contributed by atoms with Gasteiger partial charge in [0.05, 0.1) is 41.6 Å². The lowest BCUT2D eigenvalue weighted by Gasteiger charge is -2.11. The summed E-state index contributed by atoms with van der Waals surface area (Å²) in [5.74, 6) is 2.60. The van der Waals surface area contributed by atoms with E-state index in [1.807, 2.05) is 55.5 Å². The van der Waals surface area contributed by atoms with E-state index in [-0.39, 0.29) is 12.1 Å². The molecule has 33 heavy (non-hydrogen) atoms. The average Bonchev–Trinajstić information content (AvgIpc) is 3.53. The fraction of sp³-hybridized carbons (Fsp3) is 0.167. The van der Waals surface area contributed by atoms with Crippen LogP contribution in [0.3, 0.4) is 0 Å². The Bertz CT molecular complexity index is 1440. The van der Waals surface area contributed by atoms with Gasteiger partial charge in [-0.05, 0) is 43.3 Å². The maximum atomic E-state index is 13.2. The molecule has 3 heterocycles. The van der Waals surface area contributed by atoms with Crippen molar-refractivity contribution in [3.05, 3.63) is 88.9 Å². The maximum Gasteiger partial charge on any atom is 0.262 e. The number of furan rings is 1. The predicted molar refractivity (Wildman–Crippen MR) is 124 cm³/mol. The lowest BCUT2D eigenvalue weighted by atomic mass is 10.2. The number of hydrogen-bond acceptors (Lipinski definition) is 8. The summed E-state index contributed by atoms with van der Waals surface area (Å²) >= 11 is 1.36. The SMILES string of the molecule is CCOc1ccccc1-c1noc(CSc2nc3ccccc3c(=O)n2Cc2ccco2)n1. The lowest BCUT2D eigenvalue weighted by Crippen LogP contribution is -2.23. The van der Waals surface area contributed by atoms with Crippen molar-refractivity contribution >= 4 is 22.7 Å². The fourth-order valence-corrected chi connectivity index (χ4v) is 4.27. The van der Waals surface area contributed by atoms with E-state index in [4.69, 9.17) is 18.7 Å². The highest BCUT2D eigenvalue weighted by Crippen LogP contribution is 2.29. The summed E-state index contributed by atoms with van der Waals surface area (Å²) in [5, 5.41) is 5.21. The first-order valence-corrected chi connectivity index (χ1v) is 11.4. The minimum Gasteiger partial charge on any atom is -0.493 e. The number of rotatable bonds is 8. The van der Waals surface area contributed by atoms with Gasteiger partial charge in [-0.1, -0.05) is 41.2 Å². The monoisotopic (exact) mass is 460 g/mol. The summed E-state index contributed by atoms with van der Waals surface area (Å²) in [4.78, 5) is 22.4. The highest BCUT2D eigenvalue weighted by Gasteiger charge is 2.17. The molecule has 9 heteroatoms. The van der Waals surface area contributed by atoms with Crippen molar-refractivity contribution < 1.29 is 13.7 Å².